The first-order valence-corrected chi connectivity index (χ1v) is 8.38. The van der Waals surface area contributed by atoms with E-state index in [-0.39, 0.29) is 5.69 Å². The van der Waals surface area contributed by atoms with E-state index < -0.39 is 29.0 Å². The van der Waals surface area contributed by atoms with Crippen LogP contribution in [0.3, 0.4) is 0 Å². The smallest absolute Gasteiger partial charge is 0.274 e. The quantitative estimate of drug-likeness (QED) is 0.591. The van der Waals surface area contributed by atoms with Crippen LogP contribution in [0.4, 0.5) is 30.2 Å². The second kappa shape index (κ2) is 8.43. The minimum Gasteiger partial charge on any atom is -0.494 e. The molecule has 144 valence electrons. The fraction of sp³-hybridized carbons (Fsp3) is 0.100. The number of ether oxygens (including phenoxy) is 1. The molecule has 28 heavy (non-hydrogen) atoms. The highest BCUT2D eigenvalue weighted by molar-refractivity contribution is 6.03. The molecule has 5 nitrogen and oxygen atoms in total. The number of pyridine rings is 1. The molecule has 0 radical (unpaired) electrons. The first kappa shape index (κ1) is 19.2. The zero-order valence-electron chi connectivity index (χ0n) is 14.8. The van der Waals surface area contributed by atoms with Crippen molar-refractivity contribution in [3.63, 3.8) is 0 Å². The summed E-state index contributed by atoms with van der Waals surface area (Å²) in [7, 11) is 0. The van der Waals surface area contributed by atoms with E-state index in [1.54, 1.807) is 6.07 Å². The maximum absolute atomic E-state index is 13.7. The van der Waals surface area contributed by atoms with Gasteiger partial charge in [-0.25, -0.2) is 18.2 Å². The average molecular weight is 387 g/mol. The molecule has 0 spiro atoms. The fourth-order valence-corrected chi connectivity index (χ4v) is 2.38. The van der Waals surface area contributed by atoms with Gasteiger partial charge in [-0.05, 0) is 55.5 Å². The van der Waals surface area contributed by atoms with Gasteiger partial charge in [-0.1, -0.05) is 0 Å². The topological polar surface area (TPSA) is 63.2 Å². The molecule has 0 aliphatic carbocycles. The van der Waals surface area contributed by atoms with Crippen LogP contribution in [0.15, 0.2) is 54.7 Å². The number of aromatic nitrogens is 1. The molecule has 8 heteroatoms. The molecular formula is C20H16F3N3O2. The minimum absolute atomic E-state index is 0.0126. The lowest BCUT2D eigenvalue weighted by molar-refractivity contribution is 0.102. The van der Waals surface area contributed by atoms with Gasteiger partial charge >= 0.3 is 0 Å². The van der Waals surface area contributed by atoms with E-state index in [2.05, 4.69) is 15.6 Å². The Morgan fingerprint density at radius 3 is 2.32 bits per heavy atom. The van der Waals surface area contributed by atoms with Crippen LogP contribution in [0.1, 0.15) is 17.4 Å². The molecule has 0 saturated carbocycles. The van der Waals surface area contributed by atoms with E-state index in [0.717, 1.165) is 23.6 Å². The Labute approximate surface area is 159 Å². The van der Waals surface area contributed by atoms with Crippen molar-refractivity contribution in [1.29, 1.82) is 0 Å². The number of amides is 1. The molecule has 0 aliphatic rings. The fourth-order valence-electron chi connectivity index (χ4n) is 2.38. The monoisotopic (exact) mass is 387 g/mol. The Balaban J connectivity index is 1.66. The highest BCUT2D eigenvalue weighted by Gasteiger charge is 2.16. The van der Waals surface area contributed by atoms with E-state index in [9.17, 15) is 18.0 Å². The summed E-state index contributed by atoms with van der Waals surface area (Å²) in [5, 5.41) is 5.28. The van der Waals surface area contributed by atoms with Crippen molar-refractivity contribution in [2.45, 2.75) is 6.92 Å². The lowest BCUT2D eigenvalue weighted by atomic mass is 10.2. The Morgan fingerprint density at radius 2 is 1.68 bits per heavy atom. The van der Waals surface area contributed by atoms with Crippen LogP contribution in [0.5, 0.6) is 5.75 Å². The van der Waals surface area contributed by atoms with Gasteiger partial charge in [0.05, 0.1) is 24.2 Å². The molecule has 0 fully saturated rings. The molecule has 1 aromatic heterocycles. The molecule has 2 N–H and O–H groups in total. The van der Waals surface area contributed by atoms with E-state index in [1.807, 2.05) is 31.2 Å². The first-order valence-electron chi connectivity index (χ1n) is 8.38. The number of nitrogens with one attached hydrogen (secondary N) is 2. The molecular weight excluding hydrogens is 371 g/mol. The van der Waals surface area contributed by atoms with E-state index >= 15 is 0 Å². The Morgan fingerprint density at radius 1 is 0.964 bits per heavy atom. The van der Waals surface area contributed by atoms with Crippen molar-refractivity contribution in [2.75, 3.05) is 17.2 Å². The van der Waals surface area contributed by atoms with Crippen LogP contribution in [0, 0.1) is 17.5 Å². The van der Waals surface area contributed by atoms with Crippen molar-refractivity contribution in [1.82, 2.24) is 4.98 Å². The normalized spacial score (nSPS) is 10.4. The van der Waals surface area contributed by atoms with Gasteiger partial charge in [0.15, 0.2) is 17.5 Å². The summed E-state index contributed by atoms with van der Waals surface area (Å²) in [5.74, 6) is -4.46. The first-order chi connectivity index (χ1) is 13.5. The molecule has 3 aromatic rings. The highest BCUT2D eigenvalue weighted by atomic mass is 19.2. The van der Waals surface area contributed by atoms with Gasteiger partial charge in [-0.2, -0.15) is 0 Å². The average Bonchev–Trinajstić information content (AvgIpc) is 2.70. The number of hydrogen-bond acceptors (Lipinski definition) is 4. The van der Waals surface area contributed by atoms with Crippen LogP contribution in [0.2, 0.25) is 0 Å². The number of anilines is 3. The van der Waals surface area contributed by atoms with Gasteiger partial charge < -0.3 is 15.4 Å². The van der Waals surface area contributed by atoms with E-state index in [4.69, 9.17) is 4.74 Å². The molecule has 0 unspecified atom stereocenters. The van der Waals surface area contributed by atoms with Crippen LogP contribution >= 0.6 is 0 Å². The third-order valence-corrected chi connectivity index (χ3v) is 3.73. The minimum atomic E-state index is -1.65. The van der Waals surface area contributed by atoms with Gasteiger partial charge in [-0.15, -0.1) is 0 Å². The highest BCUT2D eigenvalue weighted by Crippen LogP contribution is 2.22. The number of benzene rings is 2. The number of carbonyl (C=O) groups is 1. The molecule has 0 bridgehead atoms. The van der Waals surface area contributed by atoms with Gasteiger partial charge in [0.25, 0.3) is 5.91 Å². The van der Waals surface area contributed by atoms with Crippen LogP contribution in [0.25, 0.3) is 0 Å². The zero-order valence-corrected chi connectivity index (χ0v) is 14.8. The predicted octanol–water partition coefficient (Wildman–Crippen LogP) is 4.89. The Bertz CT molecular complexity index is 977. The SMILES string of the molecule is CCOc1ccc(Nc2ccc(C(=O)Nc3ccc(F)c(F)c3F)nc2)cc1. The largest absolute Gasteiger partial charge is 0.494 e. The van der Waals surface area contributed by atoms with Crippen LogP contribution in [-0.2, 0) is 0 Å². The molecule has 0 atom stereocenters. The molecule has 1 heterocycles. The molecule has 0 saturated heterocycles. The zero-order chi connectivity index (χ0) is 20.1. The summed E-state index contributed by atoms with van der Waals surface area (Å²) in [4.78, 5) is 16.1. The van der Waals surface area contributed by atoms with Crippen molar-refractivity contribution < 1.29 is 22.7 Å². The Kier molecular flexibility index (Phi) is 5.78. The maximum Gasteiger partial charge on any atom is 0.274 e. The van der Waals surface area contributed by atoms with E-state index in [1.165, 1.54) is 12.3 Å². The summed E-state index contributed by atoms with van der Waals surface area (Å²) in [6.07, 6.45) is 1.42. The van der Waals surface area contributed by atoms with Crippen molar-refractivity contribution in [3.05, 3.63) is 77.9 Å². The molecule has 2 aromatic carbocycles. The summed E-state index contributed by atoms with van der Waals surface area (Å²) in [5.41, 5.74) is 0.940. The summed E-state index contributed by atoms with van der Waals surface area (Å²) in [6, 6.07) is 12.0. The van der Waals surface area contributed by atoms with Crippen LogP contribution in [-0.4, -0.2) is 17.5 Å². The maximum atomic E-state index is 13.7. The van der Waals surface area contributed by atoms with Crippen molar-refractivity contribution in [2.24, 2.45) is 0 Å². The summed E-state index contributed by atoms with van der Waals surface area (Å²) in [6.45, 7) is 2.48. The summed E-state index contributed by atoms with van der Waals surface area (Å²) >= 11 is 0. The van der Waals surface area contributed by atoms with Crippen LogP contribution < -0.4 is 15.4 Å². The molecule has 1 amide bonds. The lowest BCUT2D eigenvalue weighted by Gasteiger charge is -2.09. The van der Waals surface area contributed by atoms with Gasteiger partial charge in [-0.3, -0.25) is 4.79 Å². The number of rotatable bonds is 6. The predicted molar refractivity (Wildman–Crippen MR) is 99.4 cm³/mol. The molecule has 0 aliphatic heterocycles. The number of nitrogens with zero attached hydrogens (tertiary/aromatic N) is 1. The van der Waals surface area contributed by atoms with E-state index in [0.29, 0.717) is 12.3 Å². The van der Waals surface area contributed by atoms with Gasteiger partial charge in [0.1, 0.15) is 11.4 Å². The Hall–Kier alpha value is -3.55. The van der Waals surface area contributed by atoms with Gasteiger partial charge in [0, 0.05) is 5.69 Å². The van der Waals surface area contributed by atoms with Gasteiger partial charge in [0.2, 0.25) is 0 Å². The lowest BCUT2D eigenvalue weighted by Crippen LogP contribution is -2.15. The number of halogens is 3. The van der Waals surface area contributed by atoms with Crippen molar-refractivity contribution in [3.8, 4) is 5.75 Å². The third-order valence-electron chi connectivity index (χ3n) is 3.73. The van der Waals surface area contributed by atoms with Crippen molar-refractivity contribution >= 4 is 23.0 Å². The third kappa shape index (κ3) is 4.40. The number of carbonyl (C=O) groups excluding carboxylic acids is 1. The standard InChI is InChI=1S/C20H16F3N3O2/c1-2-28-14-6-3-12(4-7-14)25-13-5-9-17(24-11-13)20(27)26-16-10-8-15(21)18(22)19(16)23/h3-11,25H,2H2,1H3,(H,26,27). The second-order valence-corrected chi connectivity index (χ2v) is 5.69. The second-order valence-electron chi connectivity index (χ2n) is 5.69. The molecule has 3 rings (SSSR count). The summed E-state index contributed by atoms with van der Waals surface area (Å²) < 4.78 is 45.2. The number of hydrogen-bond donors (Lipinski definition) is 2.